The summed E-state index contributed by atoms with van der Waals surface area (Å²) in [4.78, 5) is 31.4. The van der Waals surface area contributed by atoms with Crippen LogP contribution >= 0.6 is 11.6 Å². The Bertz CT molecular complexity index is 1670. The molecule has 2 aromatic carbocycles. The number of pyridine rings is 1. The molecule has 0 unspecified atom stereocenters. The normalized spacial score (nSPS) is 11.5. The molecule has 3 amide bonds. The van der Waals surface area contributed by atoms with Crippen LogP contribution in [0.4, 0.5) is 22.0 Å². The van der Waals surface area contributed by atoms with Crippen LogP contribution in [0.15, 0.2) is 48.7 Å². The van der Waals surface area contributed by atoms with Crippen molar-refractivity contribution in [1.29, 1.82) is 0 Å². The number of fused-ring (bicyclic) bond motifs is 1. The zero-order valence-electron chi connectivity index (χ0n) is 26.7. The van der Waals surface area contributed by atoms with E-state index >= 15 is 0 Å². The van der Waals surface area contributed by atoms with Crippen LogP contribution in [0.3, 0.4) is 0 Å². The number of anilines is 3. The van der Waals surface area contributed by atoms with Crippen molar-refractivity contribution < 1.29 is 23.8 Å². The summed E-state index contributed by atoms with van der Waals surface area (Å²) in [6, 6.07) is 11.6. The summed E-state index contributed by atoms with van der Waals surface area (Å²) in [7, 11) is 5.56. The Balaban J connectivity index is 1.51. The van der Waals surface area contributed by atoms with Crippen molar-refractivity contribution in [2.24, 2.45) is 0 Å². The summed E-state index contributed by atoms with van der Waals surface area (Å²) in [5.74, 6) is 1.74. The van der Waals surface area contributed by atoms with Gasteiger partial charge in [-0.05, 0) is 38.4 Å². The highest BCUT2D eigenvalue weighted by molar-refractivity contribution is 6.34. The third kappa shape index (κ3) is 9.07. The van der Waals surface area contributed by atoms with Gasteiger partial charge in [0.1, 0.15) is 29.7 Å². The summed E-state index contributed by atoms with van der Waals surface area (Å²) in [5, 5.41) is 14.2. The van der Waals surface area contributed by atoms with Crippen molar-refractivity contribution in [1.82, 2.24) is 19.7 Å². The first-order chi connectivity index (χ1) is 21.3. The summed E-state index contributed by atoms with van der Waals surface area (Å²) in [6.45, 7) is 9.72. The van der Waals surface area contributed by atoms with Gasteiger partial charge in [-0.1, -0.05) is 32.4 Å². The molecule has 0 aliphatic rings. The van der Waals surface area contributed by atoms with Gasteiger partial charge in [-0.15, -0.1) is 0 Å². The van der Waals surface area contributed by atoms with E-state index in [9.17, 15) is 9.59 Å². The van der Waals surface area contributed by atoms with E-state index in [4.69, 9.17) is 30.9 Å². The van der Waals surface area contributed by atoms with Crippen LogP contribution in [0, 0.1) is 0 Å². The maximum atomic E-state index is 13.0. The third-order valence-corrected chi connectivity index (χ3v) is 6.94. The first-order valence-electron chi connectivity index (χ1n) is 14.4. The fraction of sp³-hybridized carbons (Fsp3) is 0.375. The number of rotatable bonds is 12. The van der Waals surface area contributed by atoms with E-state index in [0.29, 0.717) is 65.1 Å². The molecule has 0 spiro atoms. The van der Waals surface area contributed by atoms with Crippen molar-refractivity contribution in [2.45, 2.75) is 39.7 Å². The second-order valence-corrected chi connectivity index (χ2v) is 12.1. The molecule has 2 aromatic heterocycles. The number of ether oxygens (including phenoxy) is 3. The molecule has 0 aliphatic heterocycles. The highest BCUT2D eigenvalue weighted by atomic mass is 35.5. The van der Waals surface area contributed by atoms with Gasteiger partial charge in [-0.2, -0.15) is 5.10 Å². The van der Waals surface area contributed by atoms with Gasteiger partial charge in [-0.25, -0.2) is 9.48 Å². The van der Waals surface area contributed by atoms with Crippen LogP contribution in [-0.2, 0) is 21.5 Å². The van der Waals surface area contributed by atoms with Crippen molar-refractivity contribution in [3.63, 3.8) is 0 Å². The zero-order valence-corrected chi connectivity index (χ0v) is 27.4. The second-order valence-electron chi connectivity index (χ2n) is 11.7. The Morgan fingerprint density at radius 1 is 0.978 bits per heavy atom. The fourth-order valence-electron chi connectivity index (χ4n) is 4.29. The van der Waals surface area contributed by atoms with Gasteiger partial charge in [0.15, 0.2) is 0 Å². The molecule has 0 fully saturated rings. The lowest BCUT2D eigenvalue weighted by Gasteiger charge is -2.15. The van der Waals surface area contributed by atoms with Gasteiger partial charge in [0, 0.05) is 55.8 Å². The van der Waals surface area contributed by atoms with Crippen LogP contribution in [-0.4, -0.2) is 72.6 Å². The molecule has 4 aromatic rings. The molecule has 0 radical (unpaired) electrons. The molecular weight excluding hydrogens is 598 g/mol. The highest BCUT2D eigenvalue weighted by Gasteiger charge is 2.21. The molecule has 0 saturated carbocycles. The Morgan fingerprint density at radius 2 is 1.76 bits per heavy atom. The van der Waals surface area contributed by atoms with Gasteiger partial charge < -0.3 is 29.7 Å². The quantitative estimate of drug-likeness (QED) is 0.153. The van der Waals surface area contributed by atoms with Gasteiger partial charge in [0.25, 0.3) is 0 Å². The van der Waals surface area contributed by atoms with Crippen LogP contribution in [0.1, 0.15) is 33.4 Å². The monoisotopic (exact) mass is 637 g/mol. The van der Waals surface area contributed by atoms with E-state index in [2.05, 4.69) is 46.6 Å². The predicted octanol–water partition coefficient (Wildman–Crippen LogP) is 6.36. The lowest BCUT2D eigenvalue weighted by atomic mass is 9.92. The SMILES string of the molecule is COCCOc1cc2nccc(Oc3ccc(NC(=O)Nc4cc(C(C)(C)C)nn4CCN(C)C)c(Cl)c3)c2cc1NC(C)=O. The van der Waals surface area contributed by atoms with Crippen molar-refractivity contribution in [2.75, 3.05) is 56.9 Å². The average molecular weight is 638 g/mol. The average Bonchev–Trinajstić information content (AvgIpc) is 3.37. The molecule has 0 bridgehead atoms. The summed E-state index contributed by atoms with van der Waals surface area (Å²) < 4.78 is 18.8. The van der Waals surface area contributed by atoms with Crippen molar-refractivity contribution in [3.8, 4) is 17.2 Å². The Labute approximate surface area is 268 Å². The van der Waals surface area contributed by atoms with Gasteiger partial charge in [-0.3, -0.25) is 15.1 Å². The molecule has 0 atom stereocenters. The molecule has 0 saturated heterocycles. The number of nitrogens with one attached hydrogen (secondary N) is 3. The van der Waals surface area contributed by atoms with E-state index in [1.807, 2.05) is 20.2 Å². The number of hydrogen-bond donors (Lipinski definition) is 3. The molecule has 45 heavy (non-hydrogen) atoms. The number of urea groups is 1. The smallest absolute Gasteiger partial charge is 0.324 e. The number of hydrogen-bond acceptors (Lipinski definition) is 8. The minimum absolute atomic E-state index is 0.179. The first-order valence-corrected chi connectivity index (χ1v) is 14.8. The maximum Gasteiger partial charge on any atom is 0.324 e. The number of carbonyl (C=O) groups excluding carboxylic acids is 2. The fourth-order valence-corrected chi connectivity index (χ4v) is 4.50. The number of aromatic nitrogens is 3. The molecule has 12 nitrogen and oxygen atoms in total. The Kier molecular flexibility index (Phi) is 10.9. The molecule has 0 aliphatic carbocycles. The van der Waals surface area contributed by atoms with Crippen LogP contribution < -0.4 is 25.4 Å². The standard InChI is InChI=1S/C32H40ClN7O5/c1-20(41)35-26-17-22-25(18-28(26)44-15-14-43-7)34-11-10-27(22)45-21-8-9-24(23(33)16-21)36-31(42)37-30-19-29(32(2,3)4)38-40(30)13-12-39(5)6/h8-11,16-19H,12-15H2,1-7H3,(H,35,41)(H2,36,37,42). The summed E-state index contributed by atoms with van der Waals surface area (Å²) in [6.07, 6.45) is 1.62. The summed E-state index contributed by atoms with van der Waals surface area (Å²) >= 11 is 6.57. The van der Waals surface area contributed by atoms with Crippen LogP contribution in [0.5, 0.6) is 17.2 Å². The van der Waals surface area contributed by atoms with E-state index in [-0.39, 0.29) is 16.3 Å². The van der Waals surface area contributed by atoms with Gasteiger partial charge >= 0.3 is 6.03 Å². The molecule has 3 N–H and O–H groups in total. The minimum Gasteiger partial charge on any atom is -0.489 e. The lowest BCUT2D eigenvalue weighted by molar-refractivity contribution is -0.114. The molecule has 4 rings (SSSR count). The van der Waals surface area contributed by atoms with Gasteiger partial charge in [0.05, 0.1) is 40.8 Å². The summed E-state index contributed by atoms with van der Waals surface area (Å²) in [5.41, 5.74) is 2.18. The van der Waals surface area contributed by atoms with Gasteiger partial charge in [0.2, 0.25) is 5.91 Å². The topological polar surface area (TPSA) is 132 Å². The molecular formula is C32H40ClN7O5. The van der Waals surface area contributed by atoms with E-state index in [1.54, 1.807) is 54.4 Å². The maximum absolute atomic E-state index is 13.0. The highest BCUT2D eigenvalue weighted by Crippen LogP contribution is 2.37. The first kappa shape index (κ1) is 33.5. The number of methoxy groups -OCH3 is 1. The largest absolute Gasteiger partial charge is 0.489 e. The number of benzene rings is 2. The van der Waals surface area contributed by atoms with Crippen molar-refractivity contribution in [3.05, 3.63) is 59.4 Å². The number of likely N-dealkylation sites (N-methyl/N-ethyl adjacent to an activating group) is 1. The van der Waals surface area contributed by atoms with E-state index < -0.39 is 6.03 Å². The number of nitrogens with zero attached hydrogens (tertiary/aromatic N) is 4. The van der Waals surface area contributed by atoms with Crippen LogP contribution in [0.2, 0.25) is 5.02 Å². The van der Waals surface area contributed by atoms with E-state index in [0.717, 1.165) is 12.2 Å². The molecule has 13 heteroatoms. The number of amides is 3. The zero-order chi connectivity index (χ0) is 32.7. The Hall–Kier alpha value is -4.39. The van der Waals surface area contributed by atoms with Crippen LogP contribution in [0.25, 0.3) is 10.9 Å². The lowest BCUT2D eigenvalue weighted by Crippen LogP contribution is -2.24. The predicted molar refractivity (Wildman–Crippen MR) is 177 cm³/mol. The molecule has 240 valence electrons. The van der Waals surface area contributed by atoms with Crippen molar-refractivity contribution >= 4 is 51.6 Å². The third-order valence-electron chi connectivity index (χ3n) is 6.62. The number of halogens is 1. The second kappa shape index (κ2) is 14.6. The minimum atomic E-state index is -0.453. The molecule has 2 heterocycles. The Morgan fingerprint density at radius 3 is 2.42 bits per heavy atom. The number of carbonyl (C=O) groups is 2. The van der Waals surface area contributed by atoms with E-state index in [1.165, 1.54) is 6.92 Å².